The molecule has 134 valence electrons. The van der Waals surface area contributed by atoms with Gasteiger partial charge in [-0.15, -0.1) is 0 Å². The Labute approximate surface area is 159 Å². The third-order valence-electron chi connectivity index (χ3n) is 4.16. The van der Waals surface area contributed by atoms with Crippen LogP contribution in [-0.2, 0) is 11.2 Å². The van der Waals surface area contributed by atoms with Gasteiger partial charge in [0, 0.05) is 6.54 Å². The molecule has 0 saturated carbocycles. The van der Waals surface area contributed by atoms with Crippen molar-refractivity contribution in [2.75, 3.05) is 13.6 Å². The Morgan fingerprint density at radius 3 is 2.32 bits per heavy atom. The molecule has 5 heteroatoms. The van der Waals surface area contributed by atoms with Crippen LogP contribution in [0.3, 0.4) is 0 Å². The smallest absolute Gasteiger partial charge is 0.237 e. The first kappa shape index (κ1) is 19.8. The molecule has 0 aliphatic carbocycles. The average molecular weight is 379 g/mol. The van der Waals surface area contributed by atoms with Crippen LogP contribution in [0.5, 0.6) is 0 Å². The summed E-state index contributed by atoms with van der Waals surface area (Å²) in [6, 6.07) is 13.8. The summed E-state index contributed by atoms with van der Waals surface area (Å²) >= 11 is 12.0. The van der Waals surface area contributed by atoms with Crippen LogP contribution >= 0.6 is 23.2 Å². The van der Waals surface area contributed by atoms with Crippen LogP contribution in [0, 0.1) is 0 Å². The Morgan fingerprint density at radius 2 is 1.72 bits per heavy atom. The summed E-state index contributed by atoms with van der Waals surface area (Å²) in [6.07, 6.45) is 2.63. The van der Waals surface area contributed by atoms with Crippen LogP contribution in [0.15, 0.2) is 42.5 Å². The first-order chi connectivity index (χ1) is 12.0. The van der Waals surface area contributed by atoms with E-state index in [9.17, 15) is 4.79 Å². The van der Waals surface area contributed by atoms with E-state index in [1.54, 1.807) is 6.07 Å². The lowest BCUT2D eigenvalue weighted by atomic mass is 10.0. The maximum atomic E-state index is 12.1. The molecule has 0 heterocycles. The number of benzene rings is 2. The Balaban J connectivity index is 1.90. The number of rotatable bonds is 8. The van der Waals surface area contributed by atoms with Gasteiger partial charge in [-0.25, -0.2) is 0 Å². The fourth-order valence-electron chi connectivity index (χ4n) is 2.69. The zero-order chi connectivity index (χ0) is 18.2. The van der Waals surface area contributed by atoms with Crippen molar-refractivity contribution in [3.05, 3.63) is 58.1 Å². The topological polar surface area (TPSA) is 41.1 Å². The predicted molar refractivity (Wildman–Crippen MR) is 106 cm³/mol. The summed E-state index contributed by atoms with van der Waals surface area (Å²) in [5.41, 5.74) is 3.30. The number of carbonyl (C=O) groups excluding carboxylic acids is 1. The largest absolute Gasteiger partial charge is 0.354 e. The summed E-state index contributed by atoms with van der Waals surface area (Å²) in [6.45, 7) is 2.71. The molecule has 0 fully saturated rings. The number of nitrogens with one attached hydrogen (secondary N) is 2. The first-order valence-electron chi connectivity index (χ1n) is 8.54. The SMILES string of the molecule is CCC[C@H](NC)C(=O)NCCc1ccc(-c2ccc(Cl)c(Cl)c2)cc1. The minimum Gasteiger partial charge on any atom is -0.354 e. The number of likely N-dealkylation sites (N-methyl/N-ethyl adjacent to an activating group) is 1. The van der Waals surface area contributed by atoms with E-state index in [-0.39, 0.29) is 11.9 Å². The van der Waals surface area contributed by atoms with Gasteiger partial charge >= 0.3 is 0 Å². The van der Waals surface area contributed by atoms with Gasteiger partial charge in [0.15, 0.2) is 0 Å². The Bertz CT molecular complexity index is 701. The maximum absolute atomic E-state index is 12.1. The van der Waals surface area contributed by atoms with Gasteiger partial charge in [0.05, 0.1) is 16.1 Å². The Hall–Kier alpha value is -1.55. The van der Waals surface area contributed by atoms with E-state index >= 15 is 0 Å². The van der Waals surface area contributed by atoms with Crippen molar-refractivity contribution < 1.29 is 4.79 Å². The van der Waals surface area contributed by atoms with E-state index < -0.39 is 0 Å². The molecule has 0 aliphatic rings. The van der Waals surface area contributed by atoms with Crippen molar-refractivity contribution in [2.45, 2.75) is 32.2 Å². The maximum Gasteiger partial charge on any atom is 0.237 e. The van der Waals surface area contributed by atoms with E-state index in [2.05, 4.69) is 41.8 Å². The number of halogens is 2. The van der Waals surface area contributed by atoms with Crippen molar-refractivity contribution in [1.29, 1.82) is 0 Å². The molecular formula is C20H24Cl2N2O. The average Bonchev–Trinajstić information content (AvgIpc) is 2.62. The van der Waals surface area contributed by atoms with Crippen molar-refractivity contribution in [2.24, 2.45) is 0 Å². The number of carbonyl (C=O) groups is 1. The molecule has 0 saturated heterocycles. The summed E-state index contributed by atoms with van der Waals surface area (Å²) in [7, 11) is 1.82. The first-order valence-corrected chi connectivity index (χ1v) is 9.30. The molecule has 0 aliphatic heterocycles. The molecule has 1 atom stereocenters. The Morgan fingerprint density at radius 1 is 1.04 bits per heavy atom. The van der Waals surface area contributed by atoms with Crippen LogP contribution in [0.25, 0.3) is 11.1 Å². The highest BCUT2D eigenvalue weighted by Crippen LogP contribution is 2.28. The number of hydrogen-bond acceptors (Lipinski definition) is 2. The standard InChI is InChI=1S/C20H24Cl2N2O/c1-3-4-19(23-2)20(25)24-12-11-14-5-7-15(8-6-14)16-9-10-17(21)18(22)13-16/h5-10,13,19,23H,3-4,11-12H2,1-2H3,(H,24,25)/t19-/m0/s1. The van der Waals surface area contributed by atoms with E-state index in [0.717, 1.165) is 30.4 Å². The van der Waals surface area contributed by atoms with Gasteiger partial charge in [-0.1, -0.05) is 66.9 Å². The second-order valence-electron chi connectivity index (χ2n) is 6.00. The number of amides is 1. The molecular weight excluding hydrogens is 355 g/mol. The van der Waals surface area contributed by atoms with Crippen LogP contribution in [0.1, 0.15) is 25.3 Å². The highest BCUT2D eigenvalue weighted by atomic mass is 35.5. The van der Waals surface area contributed by atoms with E-state index in [4.69, 9.17) is 23.2 Å². The molecule has 0 aromatic heterocycles. The second-order valence-corrected chi connectivity index (χ2v) is 6.81. The van der Waals surface area contributed by atoms with Gasteiger partial charge in [-0.2, -0.15) is 0 Å². The monoisotopic (exact) mass is 378 g/mol. The Kier molecular flexibility index (Phi) is 7.76. The van der Waals surface area contributed by atoms with Crippen LogP contribution in [-0.4, -0.2) is 25.5 Å². The van der Waals surface area contributed by atoms with Crippen molar-refractivity contribution in [3.63, 3.8) is 0 Å². The molecule has 0 bridgehead atoms. The predicted octanol–water partition coefficient (Wildman–Crippen LogP) is 4.71. The molecule has 0 unspecified atom stereocenters. The van der Waals surface area contributed by atoms with Crippen molar-refractivity contribution in [3.8, 4) is 11.1 Å². The molecule has 0 spiro atoms. The molecule has 2 aromatic carbocycles. The third kappa shape index (κ3) is 5.74. The lowest BCUT2D eigenvalue weighted by Crippen LogP contribution is -2.43. The molecule has 0 radical (unpaired) electrons. The summed E-state index contributed by atoms with van der Waals surface area (Å²) < 4.78 is 0. The normalized spacial score (nSPS) is 12.0. The lowest BCUT2D eigenvalue weighted by molar-refractivity contribution is -0.123. The third-order valence-corrected chi connectivity index (χ3v) is 4.90. The van der Waals surface area contributed by atoms with Gasteiger partial charge < -0.3 is 10.6 Å². The highest BCUT2D eigenvalue weighted by Gasteiger charge is 2.14. The quantitative estimate of drug-likeness (QED) is 0.698. The lowest BCUT2D eigenvalue weighted by Gasteiger charge is -2.15. The minimum absolute atomic E-state index is 0.0665. The van der Waals surface area contributed by atoms with Gasteiger partial charge in [-0.3, -0.25) is 4.79 Å². The summed E-state index contributed by atoms with van der Waals surface area (Å²) in [5.74, 6) is 0.0665. The molecule has 2 rings (SSSR count). The molecule has 2 aromatic rings. The van der Waals surface area contributed by atoms with E-state index in [1.807, 2.05) is 19.2 Å². The molecule has 3 nitrogen and oxygen atoms in total. The number of hydrogen-bond donors (Lipinski definition) is 2. The summed E-state index contributed by atoms with van der Waals surface area (Å²) in [4.78, 5) is 12.1. The highest BCUT2D eigenvalue weighted by molar-refractivity contribution is 6.42. The van der Waals surface area contributed by atoms with Crippen molar-refractivity contribution >= 4 is 29.1 Å². The molecule has 1 amide bonds. The van der Waals surface area contributed by atoms with Gasteiger partial charge in [0.2, 0.25) is 5.91 Å². The molecule has 2 N–H and O–H groups in total. The van der Waals surface area contributed by atoms with Crippen LogP contribution in [0.4, 0.5) is 0 Å². The molecule has 25 heavy (non-hydrogen) atoms. The van der Waals surface area contributed by atoms with Gasteiger partial charge in [0.1, 0.15) is 0 Å². The van der Waals surface area contributed by atoms with E-state index in [0.29, 0.717) is 16.6 Å². The van der Waals surface area contributed by atoms with Gasteiger partial charge in [-0.05, 0) is 48.7 Å². The summed E-state index contributed by atoms with van der Waals surface area (Å²) in [5, 5.41) is 7.16. The minimum atomic E-state index is -0.109. The van der Waals surface area contributed by atoms with E-state index in [1.165, 1.54) is 5.56 Å². The zero-order valence-electron chi connectivity index (χ0n) is 14.6. The fraction of sp³-hybridized carbons (Fsp3) is 0.350. The van der Waals surface area contributed by atoms with Crippen LogP contribution < -0.4 is 10.6 Å². The van der Waals surface area contributed by atoms with Crippen LogP contribution in [0.2, 0.25) is 10.0 Å². The second kappa shape index (κ2) is 9.81. The fourth-order valence-corrected chi connectivity index (χ4v) is 2.99. The zero-order valence-corrected chi connectivity index (χ0v) is 16.1. The van der Waals surface area contributed by atoms with Gasteiger partial charge in [0.25, 0.3) is 0 Å². The van der Waals surface area contributed by atoms with Crippen molar-refractivity contribution in [1.82, 2.24) is 10.6 Å².